The van der Waals surface area contributed by atoms with Crippen molar-refractivity contribution in [2.24, 2.45) is 5.92 Å². The van der Waals surface area contributed by atoms with Crippen LogP contribution < -0.4 is 12.4 Å². The van der Waals surface area contributed by atoms with Crippen LogP contribution in [0.25, 0.3) is 0 Å². The predicted molar refractivity (Wildman–Crippen MR) is 106 cm³/mol. The topological polar surface area (TPSA) is 72.8 Å². The molecule has 0 heterocycles. The van der Waals surface area contributed by atoms with E-state index in [1.165, 1.54) is 0 Å². The van der Waals surface area contributed by atoms with Crippen LogP contribution >= 0.6 is 0 Å². The Bertz CT molecular complexity index is 700. The Morgan fingerprint density at radius 1 is 1.17 bits per heavy atom. The number of hydrogen-bond acceptors (Lipinski definition) is 5. The van der Waals surface area contributed by atoms with Gasteiger partial charge in [0.15, 0.2) is 5.60 Å². The fraction of sp³-hybridized carbons (Fsp3) is 0.545. The molecule has 1 atom stereocenters. The highest BCUT2D eigenvalue weighted by Gasteiger charge is 2.47. The molecule has 1 saturated carbocycles. The molecular weight excluding hydrogens is 394 g/mol. The minimum Gasteiger partial charge on any atom is -1.00 e. The molecule has 0 radical (unpaired) electrons. The molecule has 162 valence electrons. The third-order valence-electron chi connectivity index (χ3n) is 5.29. The Balaban J connectivity index is 0.00000420. The first-order valence-electron chi connectivity index (χ1n) is 9.76. The molecule has 0 bridgehead atoms. The maximum Gasteiger partial charge on any atom is 0.343 e. The molecule has 2 rings (SSSR count). The minimum atomic E-state index is -1.62. The van der Waals surface area contributed by atoms with Gasteiger partial charge in [0.2, 0.25) is 6.73 Å². The second-order valence-electron chi connectivity index (χ2n) is 8.25. The van der Waals surface area contributed by atoms with E-state index in [1.54, 1.807) is 19.1 Å². The number of ether oxygens (including phenoxy) is 2. The summed E-state index contributed by atoms with van der Waals surface area (Å²) in [7, 11) is 3.75. The first kappa shape index (κ1) is 25.1. The van der Waals surface area contributed by atoms with Gasteiger partial charge in [-0.1, -0.05) is 49.8 Å². The second-order valence-corrected chi connectivity index (χ2v) is 8.25. The van der Waals surface area contributed by atoms with Crippen LogP contribution in [0.3, 0.4) is 0 Å². The summed E-state index contributed by atoms with van der Waals surface area (Å²) in [6.45, 7) is 5.87. The number of benzene rings is 1. The lowest BCUT2D eigenvalue weighted by Gasteiger charge is -2.33. The van der Waals surface area contributed by atoms with E-state index in [9.17, 15) is 14.7 Å². The van der Waals surface area contributed by atoms with Crippen LogP contribution in [0, 0.1) is 5.92 Å². The molecule has 1 aliphatic carbocycles. The van der Waals surface area contributed by atoms with Gasteiger partial charge in [-0.25, -0.2) is 9.59 Å². The van der Waals surface area contributed by atoms with Gasteiger partial charge in [-0.15, -0.1) is 0 Å². The third kappa shape index (κ3) is 6.56. The van der Waals surface area contributed by atoms with Gasteiger partial charge in [0.25, 0.3) is 0 Å². The normalized spacial score (nSPS) is 16.4. The first-order chi connectivity index (χ1) is 13.2. The van der Waals surface area contributed by atoms with Crippen LogP contribution in [-0.2, 0) is 24.7 Å². The van der Waals surface area contributed by atoms with E-state index in [-0.39, 0.29) is 31.7 Å². The van der Waals surface area contributed by atoms with Crippen molar-refractivity contribution < 1.29 is 41.1 Å². The molecule has 0 amide bonds. The predicted octanol–water partition coefficient (Wildman–Crippen LogP) is -0.235. The number of likely N-dealkylation sites (N-methyl/N-ethyl adjacent to an activating group) is 1. The number of quaternary nitrogens is 1. The SMILES string of the molecule is C=C(C)C(=O)OC[N+](C)(C)CCOC(=O)C(O)(c1ccccc1)C1CCCC1.[Cl-]. The average Bonchev–Trinajstić information content (AvgIpc) is 3.21. The van der Waals surface area contributed by atoms with Gasteiger partial charge in [-0.2, -0.15) is 0 Å². The summed E-state index contributed by atoms with van der Waals surface area (Å²) < 4.78 is 11.0. The summed E-state index contributed by atoms with van der Waals surface area (Å²) in [5.74, 6) is -1.19. The number of esters is 2. The summed E-state index contributed by atoms with van der Waals surface area (Å²) in [6, 6.07) is 9.04. The van der Waals surface area contributed by atoms with Crippen LogP contribution in [0.2, 0.25) is 0 Å². The zero-order valence-corrected chi connectivity index (χ0v) is 18.3. The van der Waals surface area contributed by atoms with Crippen LogP contribution in [0.4, 0.5) is 0 Å². The summed E-state index contributed by atoms with van der Waals surface area (Å²) in [5.41, 5.74) is -0.701. The molecule has 1 fully saturated rings. The molecular formula is C22H32ClNO5. The molecule has 0 saturated heterocycles. The zero-order chi connectivity index (χ0) is 20.8. The number of carbonyl (C=O) groups excluding carboxylic acids is 2. The van der Waals surface area contributed by atoms with Crippen molar-refractivity contribution in [1.82, 2.24) is 0 Å². The lowest BCUT2D eigenvalue weighted by molar-refractivity contribution is -0.907. The minimum absolute atomic E-state index is 0. The summed E-state index contributed by atoms with van der Waals surface area (Å²) in [5, 5.41) is 11.4. The van der Waals surface area contributed by atoms with Gasteiger partial charge in [0.05, 0.1) is 14.1 Å². The van der Waals surface area contributed by atoms with Gasteiger partial charge >= 0.3 is 11.9 Å². The van der Waals surface area contributed by atoms with E-state index in [4.69, 9.17) is 9.47 Å². The Morgan fingerprint density at radius 3 is 2.31 bits per heavy atom. The van der Waals surface area contributed by atoms with E-state index in [1.807, 2.05) is 32.3 Å². The number of hydrogen-bond donors (Lipinski definition) is 1. The van der Waals surface area contributed by atoms with Crippen LogP contribution in [0.15, 0.2) is 42.5 Å². The highest BCUT2D eigenvalue weighted by molar-refractivity contribution is 5.86. The molecule has 0 spiro atoms. The van der Waals surface area contributed by atoms with Crippen molar-refractivity contribution in [1.29, 1.82) is 0 Å². The zero-order valence-electron chi connectivity index (χ0n) is 17.5. The molecule has 6 nitrogen and oxygen atoms in total. The van der Waals surface area contributed by atoms with E-state index in [0.717, 1.165) is 25.7 Å². The number of carbonyl (C=O) groups is 2. The lowest BCUT2D eigenvalue weighted by atomic mass is 9.80. The standard InChI is InChI=1S/C22H32NO5.ClH/c1-17(2)20(24)28-16-23(3,4)14-15-27-21(25)22(26,19-12-8-9-13-19)18-10-6-5-7-11-18;/h5-7,10-11,19,26H,1,8-9,12-16H2,2-4H3;1H/q+1;/p-1. The smallest absolute Gasteiger partial charge is 0.343 e. The fourth-order valence-electron chi connectivity index (χ4n) is 3.47. The maximum absolute atomic E-state index is 12.9. The maximum atomic E-state index is 12.9. The van der Waals surface area contributed by atoms with Crippen LogP contribution in [0.1, 0.15) is 38.2 Å². The first-order valence-corrected chi connectivity index (χ1v) is 9.76. The molecule has 29 heavy (non-hydrogen) atoms. The Labute approximate surface area is 179 Å². The summed E-state index contributed by atoms with van der Waals surface area (Å²) in [6.07, 6.45) is 3.62. The third-order valence-corrected chi connectivity index (χ3v) is 5.29. The van der Waals surface area contributed by atoms with Crippen molar-refractivity contribution >= 4 is 11.9 Å². The Kier molecular flexibility index (Phi) is 9.33. The van der Waals surface area contributed by atoms with Crippen LogP contribution in [0.5, 0.6) is 0 Å². The molecule has 1 aliphatic rings. The van der Waals surface area contributed by atoms with Gasteiger partial charge in [0, 0.05) is 11.5 Å². The van der Waals surface area contributed by atoms with Crippen molar-refractivity contribution in [2.45, 2.75) is 38.2 Å². The quantitative estimate of drug-likeness (QED) is 0.256. The molecule has 1 aromatic carbocycles. The van der Waals surface area contributed by atoms with Crippen molar-refractivity contribution in [2.75, 3.05) is 34.0 Å². The molecule has 1 aromatic rings. The summed E-state index contributed by atoms with van der Waals surface area (Å²) >= 11 is 0. The van der Waals surface area contributed by atoms with E-state index >= 15 is 0 Å². The van der Waals surface area contributed by atoms with E-state index < -0.39 is 17.5 Å². The van der Waals surface area contributed by atoms with Gasteiger partial charge in [-0.05, 0) is 25.3 Å². The number of rotatable bonds is 9. The molecule has 0 aliphatic heterocycles. The Morgan fingerprint density at radius 2 is 1.76 bits per heavy atom. The second kappa shape index (κ2) is 10.8. The highest BCUT2D eigenvalue weighted by atomic mass is 35.5. The molecule has 1 unspecified atom stereocenters. The van der Waals surface area contributed by atoms with E-state index in [2.05, 4.69) is 6.58 Å². The average molecular weight is 426 g/mol. The fourth-order valence-corrected chi connectivity index (χ4v) is 3.47. The summed E-state index contributed by atoms with van der Waals surface area (Å²) in [4.78, 5) is 24.5. The van der Waals surface area contributed by atoms with Crippen molar-refractivity contribution in [3.63, 3.8) is 0 Å². The Hall–Kier alpha value is -1.89. The molecule has 1 N–H and O–H groups in total. The molecule has 7 heteroatoms. The van der Waals surface area contributed by atoms with E-state index in [0.29, 0.717) is 22.2 Å². The van der Waals surface area contributed by atoms with Crippen LogP contribution in [-0.4, -0.2) is 55.5 Å². The largest absolute Gasteiger partial charge is 1.00 e. The number of nitrogens with zero attached hydrogens (tertiary/aromatic N) is 1. The van der Waals surface area contributed by atoms with Crippen molar-refractivity contribution in [3.8, 4) is 0 Å². The number of aliphatic hydroxyl groups is 1. The molecule has 0 aromatic heterocycles. The van der Waals surface area contributed by atoms with Gasteiger partial charge in [0.1, 0.15) is 13.2 Å². The van der Waals surface area contributed by atoms with Gasteiger partial charge < -0.3 is 27.0 Å². The highest BCUT2D eigenvalue weighted by Crippen LogP contribution is 2.41. The van der Waals surface area contributed by atoms with Crippen molar-refractivity contribution in [3.05, 3.63) is 48.0 Å². The monoisotopic (exact) mass is 425 g/mol. The lowest BCUT2D eigenvalue weighted by Crippen LogP contribution is -3.00. The van der Waals surface area contributed by atoms with Gasteiger partial charge in [-0.3, -0.25) is 4.48 Å². The number of halogens is 1.